The maximum atomic E-state index is 10.8. The fraction of sp³-hybridized carbons (Fsp3) is 0.250. The summed E-state index contributed by atoms with van der Waals surface area (Å²) in [6.45, 7) is 2.62. The van der Waals surface area contributed by atoms with Crippen LogP contribution in [-0.4, -0.2) is 14.7 Å². The minimum absolute atomic E-state index is 0.178. The number of aromatic nitrogens is 2. The predicted molar refractivity (Wildman–Crippen MR) is 63.8 cm³/mol. The molecule has 1 aromatic carbocycles. The molecule has 0 saturated carbocycles. The summed E-state index contributed by atoms with van der Waals surface area (Å²) >= 11 is 0. The monoisotopic (exact) mass is 231 g/mol. The molecule has 0 radical (unpaired) electrons. The van der Waals surface area contributed by atoms with Crippen LogP contribution in [0.3, 0.4) is 0 Å². The van der Waals surface area contributed by atoms with Gasteiger partial charge in [0.1, 0.15) is 0 Å². The lowest BCUT2D eigenvalue weighted by Gasteiger charge is -2.05. The van der Waals surface area contributed by atoms with Crippen molar-refractivity contribution in [3.05, 3.63) is 57.9 Å². The van der Waals surface area contributed by atoms with Crippen molar-refractivity contribution >= 4 is 5.69 Å². The van der Waals surface area contributed by atoms with E-state index in [2.05, 4.69) is 5.10 Å². The Morgan fingerprint density at radius 1 is 1.35 bits per heavy atom. The summed E-state index contributed by atoms with van der Waals surface area (Å²) in [4.78, 5) is 10.5. The van der Waals surface area contributed by atoms with Gasteiger partial charge in [-0.15, -0.1) is 0 Å². The van der Waals surface area contributed by atoms with Gasteiger partial charge in [0, 0.05) is 30.1 Å². The van der Waals surface area contributed by atoms with Crippen molar-refractivity contribution in [3.63, 3.8) is 0 Å². The fourth-order valence-electron chi connectivity index (χ4n) is 1.76. The van der Waals surface area contributed by atoms with Gasteiger partial charge in [0.25, 0.3) is 5.69 Å². The molecule has 0 aliphatic rings. The Morgan fingerprint density at radius 3 is 2.76 bits per heavy atom. The van der Waals surface area contributed by atoms with E-state index in [0.717, 1.165) is 11.3 Å². The first kappa shape index (κ1) is 11.3. The second-order valence-corrected chi connectivity index (χ2v) is 3.83. The minimum Gasteiger partial charge on any atom is -0.270 e. The summed E-state index contributed by atoms with van der Waals surface area (Å²) in [6, 6.07) is 8.74. The molecular weight excluding hydrogens is 218 g/mol. The molecule has 1 aromatic heterocycles. The molecule has 0 saturated heterocycles. The van der Waals surface area contributed by atoms with Gasteiger partial charge in [0.15, 0.2) is 0 Å². The fourth-order valence-corrected chi connectivity index (χ4v) is 1.76. The topological polar surface area (TPSA) is 61.0 Å². The van der Waals surface area contributed by atoms with Gasteiger partial charge in [0.2, 0.25) is 0 Å². The van der Waals surface area contributed by atoms with Crippen LogP contribution in [-0.2, 0) is 13.0 Å². The molecule has 88 valence electrons. The molecule has 0 aliphatic carbocycles. The molecule has 0 amide bonds. The van der Waals surface area contributed by atoms with E-state index in [0.29, 0.717) is 13.0 Å². The highest BCUT2D eigenvalue weighted by Crippen LogP contribution is 2.18. The molecule has 5 nitrogen and oxygen atoms in total. The van der Waals surface area contributed by atoms with Crippen molar-refractivity contribution in [2.24, 2.45) is 0 Å². The van der Waals surface area contributed by atoms with Gasteiger partial charge in [-0.1, -0.05) is 18.2 Å². The summed E-state index contributed by atoms with van der Waals surface area (Å²) < 4.78 is 1.84. The van der Waals surface area contributed by atoms with E-state index in [4.69, 9.17) is 0 Å². The van der Waals surface area contributed by atoms with Gasteiger partial charge in [-0.3, -0.25) is 14.8 Å². The lowest BCUT2D eigenvalue weighted by molar-refractivity contribution is -0.385. The molecule has 0 unspecified atom stereocenters. The third-order valence-corrected chi connectivity index (χ3v) is 2.71. The highest BCUT2D eigenvalue weighted by atomic mass is 16.6. The van der Waals surface area contributed by atoms with E-state index in [-0.39, 0.29) is 10.6 Å². The van der Waals surface area contributed by atoms with Gasteiger partial charge in [-0.2, -0.15) is 5.10 Å². The number of nitro benzene ring substituents is 1. The smallest absolute Gasteiger partial charge is 0.270 e. The molecule has 0 atom stereocenters. The van der Waals surface area contributed by atoms with Crippen LogP contribution < -0.4 is 0 Å². The van der Waals surface area contributed by atoms with Crippen molar-refractivity contribution in [3.8, 4) is 0 Å². The third kappa shape index (κ3) is 2.50. The summed E-state index contributed by atoms with van der Waals surface area (Å²) in [5.74, 6) is 0. The Morgan fingerprint density at radius 2 is 2.12 bits per heavy atom. The summed E-state index contributed by atoms with van der Waals surface area (Å²) in [5.41, 5.74) is 1.98. The van der Waals surface area contributed by atoms with E-state index in [1.54, 1.807) is 18.3 Å². The number of benzene rings is 1. The highest BCUT2D eigenvalue weighted by molar-refractivity contribution is 5.39. The first-order chi connectivity index (χ1) is 8.18. The zero-order chi connectivity index (χ0) is 12.3. The second-order valence-electron chi connectivity index (χ2n) is 3.83. The van der Waals surface area contributed by atoms with E-state index in [1.807, 2.05) is 23.7 Å². The van der Waals surface area contributed by atoms with Crippen molar-refractivity contribution in [1.29, 1.82) is 0 Å². The van der Waals surface area contributed by atoms with Crippen LogP contribution in [0, 0.1) is 17.0 Å². The third-order valence-electron chi connectivity index (χ3n) is 2.71. The number of nitro groups is 1. The molecule has 1 heterocycles. The summed E-state index contributed by atoms with van der Waals surface area (Å²) in [6.07, 6.45) is 2.34. The lowest BCUT2D eigenvalue weighted by Crippen LogP contribution is -2.06. The van der Waals surface area contributed by atoms with E-state index in [9.17, 15) is 10.1 Å². The zero-order valence-electron chi connectivity index (χ0n) is 9.54. The Labute approximate surface area is 98.8 Å². The summed E-state index contributed by atoms with van der Waals surface area (Å²) in [7, 11) is 0. The van der Waals surface area contributed by atoms with Gasteiger partial charge < -0.3 is 0 Å². The molecule has 2 aromatic rings. The highest BCUT2D eigenvalue weighted by Gasteiger charge is 2.12. The van der Waals surface area contributed by atoms with Crippen LogP contribution in [0.15, 0.2) is 36.5 Å². The van der Waals surface area contributed by atoms with Gasteiger partial charge in [-0.05, 0) is 19.4 Å². The van der Waals surface area contributed by atoms with Crippen molar-refractivity contribution in [1.82, 2.24) is 9.78 Å². The van der Waals surface area contributed by atoms with Crippen molar-refractivity contribution in [2.45, 2.75) is 19.9 Å². The zero-order valence-corrected chi connectivity index (χ0v) is 9.54. The normalized spacial score (nSPS) is 10.4. The average Bonchev–Trinajstić information content (AvgIpc) is 2.72. The molecule has 0 aliphatic heterocycles. The minimum atomic E-state index is -0.342. The van der Waals surface area contributed by atoms with Crippen LogP contribution in [0.25, 0.3) is 0 Å². The maximum Gasteiger partial charge on any atom is 0.272 e. The van der Waals surface area contributed by atoms with Crippen molar-refractivity contribution < 1.29 is 4.92 Å². The number of rotatable bonds is 4. The first-order valence-corrected chi connectivity index (χ1v) is 5.39. The Kier molecular flexibility index (Phi) is 3.18. The molecule has 17 heavy (non-hydrogen) atoms. The van der Waals surface area contributed by atoms with Crippen LogP contribution in [0.2, 0.25) is 0 Å². The van der Waals surface area contributed by atoms with E-state index < -0.39 is 0 Å². The van der Waals surface area contributed by atoms with Crippen LogP contribution >= 0.6 is 0 Å². The number of hydrogen-bond donors (Lipinski definition) is 0. The SMILES string of the molecule is Cc1ccnn1CCc1ccccc1[N+](=O)[O-]. The quantitative estimate of drug-likeness (QED) is 0.599. The van der Waals surface area contributed by atoms with Gasteiger partial charge >= 0.3 is 0 Å². The van der Waals surface area contributed by atoms with E-state index >= 15 is 0 Å². The van der Waals surface area contributed by atoms with Crippen LogP contribution in [0.4, 0.5) is 5.69 Å². The number of hydrogen-bond acceptors (Lipinski definition) is 3. The largest absolute Gasteiger partial charge is 0.272 e. The standard InChI is InChI=1S/C12H13N3O2/c1-10-6-8-13-14(10)9-7-11-4-2-3-5-12(11)15(16)17/h2-6,8H,7,9H2,1H3. The Bertz CT molecular complexity index is 534. The molecule has 0 spiro atoms. The van der Waals surface area contributed by atoms with Gasteiger partial charge in [0.05, 0.1) is 4.92 Å². The maximum absolute atomic E-state index is 10.8. The van der Waals surface area contributed by atoms with Crippen LogP contribution in [0.5, 0.6) is 0 Å². The summed E-state index contributed by atoms with van der Waals surface area (Å²) in [5, 5.41) is 15.0. The number of para-hydroxylation sites is 1. The molecule has 2 rings (SSSR count). The molecule has 0 bridgehead atoms. The molecule has 0 N–H and O–H groups in total. The second kappa shape index (κ2) is 4.78. The number of nitrogens with zero attached hydrogens (tertiary/aromatic N) is 3. The molecular formula is C12H13N3O2. The average molecular weight is 231 g/mol. The van der Waals surface area contributed by atoms with Crippen LogP contribution in [0.1, 0.15) is 11.3 Å². The van der Waals surface area contributed by atoms with Crippen molar-refractivity contribution in [2.75, 3.05) is 0 Å². The molecule has 5 heteroatoms. The molecule has 0 fully saturated rings. The Hall–Kier alpha value is -2.17. The van der Waals surface area contributed by atoms with Gasteiger partial charge in [-0.25, -0.2) is 0 Å². The predicted octanol–water partition coefficient (Wildman–Crippen LogP) is 2.34. The first-order valence-electron chi connectivity index (χ1n) is 5.39. The van der Waals surface area contributed by atoms with E-state index in [1.165, 1.54) is 6.07 Å². The lowest BCUT2D eigenvalue weighted by atomic mass is 10.1. The number of aryl methyl sites for hydroxylation is 3. The Balaban J connectivity index is 2.14.